The lowest BCUT2D eigenvalue weighted by Crippen LogP contribution is -2.41. The zero-order valence-corrected chi connectivity index (χ0v) is 12.4. The van der Waals surface area contributed by atoms with E-state index in [1.807, 2.05) is 36.1 Å². The van der Waals surface area contributed by atoms with Crippen LogP contribution < -0.4 is 5.32 Å². The van der Waals surface area contributed by atoms with E-state index in [1.54, 1.807) is 0 Å². The number of hydrogen-bond acceptors (Lipinski definition) is 6. The number of carbonyl (C=O) groups is 1. The molecular formula is C15H18N4O3. The number of ether oxygens (including phenoxy) is 1. The van der Waals surface area contributed by atoms with Crippen molar-refractivity contribution in [3.63, 3.8) is 0 Å². The molecule has 1 aromatic heterocycles. The zero-order valence-electron chi connectivity index (χ0n) is 12.4. The van der Waals surface area contributed by atoms with Crippen LogP contribution in [0.25, 0.3) is 11.5 Å². The Morgan fingerprint density at radius 2 is 1.95 bits per heavy atom. The summed E-state index contributed by atoms with van der Waals surface area (Å²) in [5, 5.41) is 10.4. The second-order valence-electron chi connectivity index (χ2n) is 5.22. The summed E-state index contributed by atoms with van der Waals surface area (Å²) in [4.78, 5) is 14.0. The van der Waals surface area contributed by atoms with Gasteiger partial charge in [0.15, 0.2) is 0 Å². The van der Waals surface area contributed by atoms with E-state index in [0.29, 0.717) is 25.6 Å². The third kappa shape index (κ3) is 3.69. The highest BCUT2D eigenvalue weighted by molar-refractivity contribution is 5.90. The maximum absolute atomic E-state index is 11.9. The van der Waals surface area contributed by atoms with E-state index in [2.05, 4.69) is 15.5 Å². The average Bonchev–Trinajstić information content (AvgIpc) is 2.97. The molecule has 1 amide bonds. The largest absolute Gasteiger partial charge is 0.403 e. The second-order valence-corrected chi connectivity index (χ2v) is 5.22. The van der Waals surface area contributed by atoms with Gasteiger partial charge in [0.05, 0.1) is 19.8 Å². The molecule has 2 heterocycles. The van der Waals surface area contributed by atoms with Gasteiger partial charge in [-0.1, -0.05) is 22.8 Å². The Morgan fingerprint density at radius 3 is 2.68 bits per heavy atom. The Labute approximate surface area is 128 Å². The quantitative estimate of drug-likeness (QED) is 0.917. The lowest BCUT2D eigenvalue weighted by molar-refractivity contribution is -0.118. The monoisotopic (exact) mass is 302 g/mol. The summed E-state index contributed by atoms with van der Waals surface area (Å²) in [5.41, 5.74) is 1.98. The number of anilines is 1. The third-order valence-electron chi connectivity index (χ3n) is 3.44. The fourth-order valence-electron chi connectivity index (χ4n) is 2.21. The summed E-state index contributed by atoms with van der Waals surface area (Å²) < 4.78 is 10.7. The van der Waals surface area contributed by atoms with Gasteiger partial charge in [-0.15, -0.1) is 5.10 Å². The molecule has 1 aliphatic rings. The minimum atomic E-state index is -0.166. The number of morpholine rings is 1. The molecule has 2 aromatic rings. The number of nitrogens with one attached hydrogen (secondary N) is 1. The maximum Gasteiger partial charge on any atom is 0.322 e. The van der Waals surface area contributed by atoms with Crippen LogP contribution in [0.5, 0.6) is 0 Å². The molecule has 7 nitrogen and oxygen atoms in total. The van der Waals surface area contributed by atoms with Gasteiger partial charge in [-0.2, -0.15) is 0 Å². The van der Waals surface area contributed by atoms with E-state index in [9.17, 15) is 4.79 Å². The van der Waals surface area contributed by atoms with Crippen LogP contribution >= 0.6 is 0 Å². The highest BCUT2D eigenvalue weighted by Gasteiger charge is 2.16. The molecule has 1 N–H and O–H groups in total. The second kappa shape index (κ2) is 6.67. The summed E-state index contributed by atoms with van der Waals surface area (Å²) in [6, 6.07) is 7.87. The predicted molar refractivity (Wildman–Crippen MR) is 80.4 cm³/mol. The Morgan fingerprint density at radius 1 is 1.23 bits per heavy atom. The Bertz CT molecular complexity index is 632. The fourth-order valence-corrected chi connectivity index (χ4v) is 2.21. The molecule has 0 radical (unpaired) electrons. The maximum atomic E-state index is 11.9. The molecule has 116 valence electrons. The minimum absolute atomic E-state index is 0.119. The molecule has 0 aliphatic carbocycles. The van der Waals surface area contributed by atoms with Crippen molar-refractivity contribution in [3.8, 4) is 11.5 Å². The van der Waals surface area contributed by atoms with Gasteiger partial charge in [-0.05, 0) is 19.1 Å². The average molecular weight is 302 g/mol. The van der Waals surface area contributed by atoms with Gasteiger partial charge in [-0.3, -0.25) is 15.0 Å². The molecule has 1 fully saturated rings. The number of hydrogen-bond donors (Lipinski definition) is 1. The first-order valence-corrected chi connectivity index (χ1v) is 7.21. The Kier molecular flexibility index (Phi) is 4.45. The fraction of sp³-hybridized carbons (Fsp3) is 0.400. The molecule has 0 atom stereocenters. The molecule has 0 saturated carbocycles. The van der Waals surface area contributed by atoms with Crippen molar-refractivity contribution in [1.29, 1.82) is 0 Å². The lowest BCUT2D eigenvalue weighted by Gasteiger charge is -2.25. The van der Waals surface area contributed by atoms with E-state index in [0.717, 1.165) is 24.2 Å². The molecule has 1 aliphatic heterocycles. The summed E-state index contributed by atoms with van der Waals surface area (Å²) in [6.45, 7) is 5.13. The molecule has 0 unspecified atom stereocenters. The van der Waals surface area contributed by atoms with Gasteiger partial charge in [0.1, 0.15) is 0 Å². The Hall–Kier alpha value is -2.25. The van der Waals surface area contributed by atoms with Crippen molar-refractivity contribution in [2.75, 3.05) is 38.2 Å². The summed E-state index contributed by atoms with van der Waals surface area (Å²) in [7, 11) is 0. The number of nitrogens with zero attached hydrogens (tertiary/aromatic N) is 3. The first kappa shape index (κ1) is 14.7. The first-order chi connectivity index (χ1) is 10.7. The van der Waals surface area contributed by atoms with E-state index in [-0.39, 0.29) is 11.9 Å². The van der Waals surface area contributed by atoms with Crippen molar-refractivity contribution in [2.45, 2.75) is 6.92 Å². The van der Waals surface area contributed by atoms with Crippen molar-refractivity contribution >= 4 is 11.9 Å². The molecule has 0 spiro atoms. The van der Waals surface area contributed by atoms with Crippen LogP contribution in [0.15, 0.2) is 28.7 Å². The van der Waals surface area contributed by atoms with E-state index in [4.69, 9.17) is 9.15 Å². The molecule has 1 aromatic carbocycles. The zero-order chi connectivity index (χ0) is 15.4. The van der Waals surface area contributed by atoms with Crippen LogP contribution in [0, 0.1) is 6.92 Å². The van der Waals surface area contributed by atoms with Crippen LogP contribution in [0.2, 0.25) is 0 Å². The molecule has 22 heavy (non-hydrogen) atoms. The van der Waals surface area contributed by atoms with Crippen LogP contribution in [0.1, 0.15) is 5.56 Å². The number of carbonyl (C=O) groups excluding carboxylic acids is 1. The molecule has 7 heteroatoms. The standard InChI is InChI=1S/C15H18N4O3/c1-11-2-4-12(5-3-11)14-17-18-15(22-14)16-13(20)10-19-6-8-21-9-7-19/h2-5H,6-10H2,1H3,(H,16,18,20). The number of aromatic nitrogens is 2. The highest BCUT2D eigenvalue weighted by Crippen LogP contribution is 2.20. The van der Waals surface area contributed by atoms with E-state index in [1.165, 1.54) is 0 Å². The predicted octanol–water partition coefficient (Wildman–Crippen LogP) is 1.32. The smallest absolute Gasteiger partial charge is 0.322 e. The minimum Gasteiger partial charge on any atom is -0.403 e. The number of rotatable bonds is 4. The van der Waals surface area contributed by atoms with Gasteiger partial charge in [0.25, 0.3) is 0 Å². The normalized spacial score (nSPS) is 15.7. The van der Waals surface area contributed by atoms with Gasteiger partial charge in [0, 0.05) is 18.7 Å². The van der Waals surface area contributed by atoms with Crippen LogP contribution in [-0.2, 0) is 9.53 Å². The number of aryl methyl sites for hydroxylation is 1. The van der Waals surface area contributed by atoms with Crippen molar-refractivity contribution < 1.29 is 13.9 Å². The van der Waals surface area contributed by atoms with Gasteiger partial charge >= 0.3 is 6.01 Å². The first-order valence-electron chi connectivity index (χ1n) is 7.21. The van der Waals surface area contributed by atoms with Gasteiger partial charge < -0.3 is 9.15 Å². The van der Waals surface area contributed by atoms with E-state index >= 15 is 0 Å². The molecular weight excluding hydrogens is 284 g/mol. The highest BCUT2D eigenvalue weighted by atomic mass is 16.5. The lowest BCUT2D eigenvalue weighted by atomic mass is 10.1. The van der Waals surface area contributed by atoms with Crippen molar-refractivity contribution in [2.24, 2.45) is 0 Å². The summed E-state index contributed by atoms with van der Waals surface area (Å²) in [6.07, 6.45) is 0. The molecule has 3 rings (SSSR count). The molecule has 0 bridgehead atoms. The van der Waals surface area contributed by atoms with Crippen LogP contribution in [-0.4, -0.2) is 53.9 Å². The van der Waals surface area contributed by atoms with Crippen molar-refractivity contribution in [1.82, 2.24) is 15.1 Å². The summed E-state index contributed by atoms with van der Waals surface area (Å²) in [5.74, 6) is 0.225. The van der Waals surface area contributed by atoms with E-state index < -0.39 is 0 Å². The van der Waals surface area contributed by atoms with Crippen LogP contribution in [0.3, 0.4) is 0 Å². The molecule has 1 saturated heterocycles. The summed E-state index contributed by atoms with van der Waals surface area (Å²) >= 11 is 0. The topological polar surface area (TPSA) is 80.5 Å². The van der Waals surface area contributed by atoms with Gasteiger partial charge in [-0.25, -0.2) is 0 Å². The SMILES string of the molecule is Cc1ccc(-c2nnc(NC(=O)CN3CCOCC3)o2)cc1. The van der Waals surface area contributed by atoms with Crippen molar-refractivity contribution in [3.05, 3.63) is 29.8 Å². The number of benzene rings is 1. The van der Waals surface area contributed by atoms with Crippen LogP contribution in [0.4, 0.5) is 6.01 Å². The van der Waals surface area contributed by atoms with Gasteiger partial charge in [0.2, 0.25) is 11.8 Å². The number of amides is 1. The Balaban J connectivity index is 1.59. The third-order valence-corrected chi connectivity index (χ3v) is 3.44.